The van der Waals surface area contributed by atoms with Crippen LogP contribution in [-0.4, -0.2) is 12.5 Å². The summed E-state index contributed by atoms with van der Waals surface area (Å²) in [4.78, 5) is 11.3. The summed E-state index contributed by atoms with van der Waals surface area (Å²) in [7, 11) is 0. The molecule has 1 radical (unpaired) electrons. The lowest BCUT2D eigenvalue weighted by atomic mass is 10.1. The average molecular weight is 154 g/mol. The van der Waals surface area contributed by atoms with Crippen molar-refractivity contribution < 1.29 is 4.79 Å². The van der Waals surface area contributed by atoms with Crippen LogP contribution in [0.1, 0.15) is 32.6 Å². The van der Waals surface area contributed by atoms with E-state index in [4.69, 9.17) is 0 Å². The van der Waals surface area contributed by atoms with Crippen molar-refractivity contribution in [3.8, 4) is 0 Å². The summed E-state index contributed by atoms with van der Waals surface area (Å²) in [6, 6.07) is 0. The molecule has 0 aromatic heterocycles. The normalized spacial score (nSPS) is 18.6. The minimum atomic E-state index is 0.251. The van der Waals surface area contributed by atoms with E-state index in [0.29, 0.717) is 0 Å². The molecule has 1 amide bonds. The number of carbonyl (C=O) groups is 1. The third-order valence-corrected chi connectivity index (χ3v) is 2.09. The third kappa shape index (κ3) is 2.52. The number of nitrogens with one attached hydrogen (secondary N) is 1. The van der Waals surface area contributed by atoms with E-state index < -0.39 is 0 Å². The van der Waals surface area contributed by atoms with E-state index in [2.05, 4.69) is 18.7 Å². The third-order valence-electron chi connectivity index (χ3n) is 2.09. The van der Waals surface area contributed by atoms with E-state index in [-0.39, 0.29) is 11.8 Å². The van der Waals surface area contributed by atoms with Crippen LogP contribution in [0, 0.1) is 12.3 Å². The van der Waals surface area contributed by atoms with Crippen LogP contribution in [0.2, 0.25) is 0 Å². The first-order valence-corrected chi connectivity index (χ1v) is 4.44. The topological polar surface area (TPSA) is 29.1 Å². The zero-order valence-electron chi connectivity index (χ0n) is 7.10. The second-order valence-electron chi connectivity index (χ2n) is 3.09. The van der Waals surface area contributed by atoms with Crippen molar-refractivity contribution in [2.75, 3.05) is 6.54 Å². The van der Waals surface area contributed by atoms with Gasteiger partial charge in [-0.1, -0.05) is 6.92 Å². The molecule has 1 fully saturated rings. The van der Waals surface area contributed by atoms with Gasteiger partial charge in [0.05, 0.1) is 0 Å². The zero-order valence-corrected chi connectivity index (χ0v) is 7.10. The van der Waals surface area contributed by atoms with Crippen LogP contribution in [0.25, 0.3) is 0 Å². The molecule has 1 N–H and O–H groups in total. The first kappa shape index (κ1) is 8.57. The van der Waals surface area contributed by atoms with Gasteiger partial charge in [-0.2, -0.15) is 0 Å². The quantitative estimate of drug-likeness (QED) is 0.656. The van der Waals surface area contributed by atoms with E-state index in [1.54, 1.807) is 0 Å². The molecule has 0 saturated heterocycles. The fourth-order valence-corrected chi connectivity index (χ4v) is 1.39. The maximum atomic E-state index is 11.3. The molecular weight excluding hydrogens is 138 g/mol. The lowest BCUT2D eigenvalue weighted by Crippen LogP contribution is -2.29. The molecule has 1 saturated carbocycles. The molecule has 63 valence electrons. The first-order valence-electron chi connectivity index (χ1n) is 4.44. The Morgan fingerprint density at radius 2 is 2.55 bits per heavy atom. The maximum absolute atomic E-state index is 11.3. The Balaban J connectivity index is 2.17. The molecule has 0 aromatic rings. The molecule has 1 aliphatic carbocycles. The van der Waals surface area contributed by atoms with Crippen LogP contribution in [0.3, 0.4) is 0 Å². The summed E-state index contributed by atoms with van der Waals surface area (Å²) in [5.41, 5.74) is 0. The fraction of sp³-hybridized carbons (Fsp3) is 0.778. The molecule has 1 unspecified atom stereocenters. The lowest BCUT2D eigenvalue weighted by molar-refractivity contribution is -0.124. The van der Waals surface area contributed by atoms with E-state index in [1.807, 2.05) is 0 Å². The fourth-order valence-electron chi connectivity index (χ4n) is 1.39. The van der Waals surface area contributed by atoms with Crippen LogP contribution in [0.5, 0.6) is 0 Å². The van der Waals surface area contributed by atoms with Crippen molar-refractivity contribution in [2.24, 2.45) is 5.92 Å². The minimum Gasteiger partial charge on any atom is -0.356 e. The highest BCUT2D eigenvalue weighted by Gasteiger charge is 2.21. The first-order chi connectivity index (χ1) is 5.34. The second kappa shape index (κ2) is 4.37. The Labute approximate surface area is 68.4 Å². The number of hydrogen-bond acceptors (Lipinski definition) is 1. The molecule has 2 heteroatoms. The molecule has 1 atom stereocenters. The van der Waals surface area contributed by atoms with E-state index in [0.717, 1.165) is 32.2 Å². The molecule has 0 aromatic carbocycles. The Kier molecular flexibility index (Phi) is 3.40. The molecule has 1 aliphatic rings. The summed E-state index contributed by atoms with van der Waals surface area (Å²) >= 11 is 0. The Morgan fingerprint density at radius 3 is 3.09 bits per heavy atom. The van der Waals surface area contributed by atoms with Crippen molar-refractivity contribution in [3.63, 3.8) is 0 Å². The molecule has 11 heavy (non-hydrogen) atoms. The highest BCUT2D eigenvalue weighted by molar-refractivity contribution is 5.79. The van der Waals surface area contributed by atoms with Crippen LogP contribution in [0.15, 0.2) is 0 Å². The number of rotatable bonds is 3. The minimum absolute atomic E-state index is 0.251. The standard InChI is InChI=1S/C9H16NO/c1-2-7-10-9(11)8-5-3-4-6-8/h3,8H,2,4-7H2,1H3,(H,10,11). The van der Waals surface area contributed by atoms with E-state index in [1.165, 1.54) is 0 Å². The summed E-state index contributed by atoms with van der Waals surface area (Å²) in [5, 5.41) is 2.92. The SMILES string of the molecule is CCCNC(=O)C1C[CH]CC1. The lowest BCUT2D eigenvalue weighted by Gasteiger charge is -2.08. The van der Waals surface area contributed by atoms with Gasteiger partial charge in [-0.15, -0.1) is 0 Å². The molecule has 0 heterocycles. The van der Waals surface area contributed by atoms with Crippen molar-refractivity contribution >= 4 is 5.91 Å². The van der Waals surface area contributed by atoms with Gasteiger partial charge in [0.2, 0.25) is 5.91 Å². The molecule has 0 bridgehead atoms. The van der Waals surface area contributed by atoms with Crippen molar-refractivity contribution in [1.29, 1.82) is 0 Å². The second-order valence-corrected chi connectivity index (χ2v) is 3.09. The average Bonchev–Trinajstić information content (AvgIpc) is 2.52. The highest BCUT2D eigenvalue weighted by atomic mass is 16.1. The van der Waals surface area contributed by atoms with Crippen molar-refractivity contribution in [2.45, 2.75) is 32.6 Å². The van der Waals surface area contributed by atoms with Gasteiger partial charge in [-0.25, -0.2) is 0 Å². The molecule has 2 nitrogen and oxygen atoms in total. The van der Waals surface area contributed by atoms with Gasteiger partial charge in [-0.05, 0) is 32.1 Å². The predicted octanol–water partition coefficient (Wildman–Crippen LogP) is 1.52. The Hall–Kier alpha value is -0.530. The summed E-state index contributed by atoms with van der Waals surface area (Å²) in [5.74, 6) is 0.530. The molecule has 0 aliphatic heterocycles. The summed E-state index contributed by atoms with van der Waals surface area (Å²) < 4.78 is 0. The van der Waals surface area contributed by atoms with Gasteiger partial charge in [-0.3, -0.25) is 4.79 Å². The monoisotopic (exact) mass is 154 g/mol. The molecule has 0 spiro atoms. The van der Waals surface area contributed by atoms with Crippen molar-refractivity contribution in [1.82, 2.24) is 5.32 Å². The van der Waals surface area contributed by atoms with Gasteiger partial charge in [0.25, 0.3) is 0 Å². The van der Waals surface area contributed by atoms with Crippen molar-refractivity contribution in [3.05, 3.63) is 6.42 Å². The molecule has 1 rings (SSSR count). The van der Waals surface area contributed by atoms with E-state index in [9.17, 15) is 4.79 Å². The number of hydrogen-bond donors (Lipinski definition) is 1. The van der Waals surface area contributed by atoms with Gasteiger partial charge >= 0.3 is 0 Å². The smallest absolute Gasteiger partial charge is 0.223 e. The summed E-state index contributed by atoms with van der Waals surface area (Å²) in [6.45, 7) is 2.90. The van der Waals surface area contributed by atoms with Gasteiger partial charge in [0, 0.05) is 12.5 Å². The Bertz CT molecular complexity index is 128. The number of carbonyl (C=O) groups excluding carboxylic acids is 1. The van der Waals surface area contributed by atoms with Gasteiger partial charge < -0.3 is 5.32 Å². The van der Waals surface area contributed by atoms with Crippen LogP contribution >= 0.6 is 0 Å². The largest absolute Gasteiger partial charge is 0.356 e. The highest BCUT2D eigenvalue weighted by Crippen LogP contribution is 2.23. The van der Waals surface area contributed by atoms with E-state index >= 15 is 0 Å². The number of amides is 1. The summed E-state index contributed by atoms with van der Waals surface area (Å²) in [6.07, 6.45) is 6.38. The van der Waals surface area contributed by atoms with Crippen LogP contribution in [-0.2, 0) is 4.79 Å². The predicted molar refractivity (Wildman–Crippen MR) is 44.9 cm³/mol. The van der Waals surface area contributed by atoms with Gasteiger partial charge in [0.1, 0.15) is 0 Å². The Morgan fingerprint density at radius 1 is 1.73 bits per heavy atom. The van der Waals surface area contributed by atoms with Crippen LogP contribution < -0.4 is 5.32 Å². The van der Waals surface area contributed by atoms with Crippen LogP contribution in [0.4, 0.5) is 0 Å². The zero-order chi connectivity index (χ0) is 8.10. The molecular formula is C9H16NO. The maximum Gasteiger partial charge on any atom is 0.223 e. The van der Waals surface area contributed by atoms with Gasteiger partial charge in [0.15, 0.2) is 0 Å².